The number of fused-ring (bicyclic) bond motifs is 2. The summed E-state index contributed by atoms with van der Waals surface area (Å²) in [6.45, 7) is 1.95. The van der Waals surface area contributed by atoms with E-state index in [0.717, 1.165) is 0 Å². The van der Waals surface area contributed by atoms with Gasteiger partial charge in [0.2, 0.25) is 5.91 Å². The monoisotopic (exact) mass is 479 g/mol. The first-order chi connectivity index (χ1) is 16.1. The first-order valence-electron chi connectivity index (χ1n) is 10.4. The van der Waals surface area contributed by atoms with E-state index < -0.39 is 41.1 Å². The predicted molar refractivity (Wildman–Crippen MR) is 114 cm³/mol. The van der Waals surface area contributed by atoms with Gasteiger partial charge in [-0.1, -0.05) is 0 Å². The van der Waals surface area contributed by atoms with E-state index in [1.54, 1.807) is 6.92 Å². The fourth-order valence-electron chi connectivity index (χ4n) is 3.92. The lowest BCUT2D eigenvalue weighted by Crippen LogP contribution is -2.21. The fourth-order valence-corrected chi connectivity index (χ4v) is 3.92. The van der Waals surface area contributed by atoms with Crippen molar-refractivity contribution in [3.63, 3.8) is 0 Å². The molecule has 34 heavy (non-hydrogen) atoms. The van der Waals surface area contributed by atoms with Crippen molar-refractivity contribution >= 4 is 34.0 Å². The van der Waals surface area contributed by atoms with Crippen LogP contribution >= 0.6 is 0 Å². The summed E-state index contributed by atoms with van der Waals surface area (Å²) in [4.78, 5) is 21.6. The Kier molecular flexibility index (Phi) is 4.95. The quantitative estimate of drug-likeness (QED) is 0.419. The molecular weight excluding hydrogens is 461 g/mol. The Balaban J connectivity index is 1.67. The van der Waals surface area contributed by atoms with Crippen molar-refractivity contribution in [1.82, 2.24) is 24.6 Å². The van der Waals surface area contributed by atoms with Crippen LogP contribution in [0.2, 0.25) is 0 Å². The van der Waals surface area contributed by atoms with Crippen molar-refractivity contribution in [2.75, 3.05) is 23.8 Å². The summed E-state index contributed by atoms with van der Waals surface area (Å²) < 4.78 is 72.3. The molecule has 0 saturated heterocycles. The van der Waals surface area contributed by atoms with Gasteiger partial charge in [-0.3, -0.25) is 14.9 Å². The molecule has 1 amide bonds. The van der Waals surface area contributed by atoms with E-state index in [9.17, 15) is 22.4 Å². The first-order valence-corrected chi connectivity index (χ1v) is 10.4. The second-order valence-corrected chi connectivity index (χ2v) is 8.09. The number of hydrogen-bond acceptors (Lipinski definition) is 5. The van der Waals surface area contributed by atoms with Crippen molar-refractivity contribution in [2.45, 2.75) is 25.7 Å². The van der Waals surface area contributed by atoms with Crippen molar-refractivity contribution in [2.24, 2.45) is 5.92 Å². The number of carbonyl (C=O) groups is 1. The average molecular weight is 479 g/mol. The lowest BCUT2D eigenvalue weighted by Gasteiger charge is -2.23. The van der Waals surface area contributed by atoms with Crippen LogP contribution in [-0.2, 0) is 11.0 Å². The molecular formula is C21H18F5N7O. The zero-order valence-corrected chi connectivity index (χ0v) is 17.9. The zero-order chi connectivity index (χ0) is 24.4. The third kappa shape index (κ3) is 3.51. The average Bonchev–Trinajstić information content (AvgIpc) is 3.15. The van der Waals surface area contributed by atoms with E-state index in [-0.39, 0.29) is 46.7 Å². The minimum absolute atomic E-state index is 0.0484. The van der Waals surface area contributed by atoms with Crippen LogP contribution in [0.5, 0.6) is 0 Å². The topological polar surface area (TPSA) is 91.2 Å². The molecule has 8 nitrogen and oxygen atoms in total. The number of nitrogens with one attached hydrogen (secondary N) is 2. The molecule has 0 unspecified atom stereocenters. The van der Waals surface area contributed by atoms with Crippen LogP contribution in [0.3, 0.4) is 0 Å². The van der Waals surface area contributed by atoms with E-state index >= 15 is 4.39 Å². The number of aromatic nitrogens is 5. The van der Waals surface area contributed by atoms with Crippen LogP contribution in [0.25, 0.3) is 27.8 Å². The van der Waals surface area contributed by atoms with Gasteiger partial charge in [0.15, 0.2) is 17.3 Å². The molecule has 0 radical (unpaired) electrons. The molecule has 1 aliphatic carbocycles. The number of anilines is 2. The number of benzene rings is 1. The third-order valence-corrected chi connectivity index (χ3v) is 5.86. The largest absolute Gasteiger partial charge is 0.419 e. The molecule has 2 atom stereocenters. The molecule has 13 heteroatoms. The standard InChI is InChI=1S/C21H18F5N7O/c1-3-32(2)19-17(23)16(21(24,25)26)15(10-5-28-31-18(10)19)12-7-33-8-13(29-14(33)6-27-12)30-20(34)9-4-11(9)22/h5-9,11H,3-4H2,1-2H3,(H,28,31)(H,30,34)/t9-,11+/m1/s1. The lowest BCUT2D eigenvalue weighted by atomic mass is 9.97. The molecule has 1 fully saturated rings. The molecule has 178 valence electrons. The molecule has 1 aromatic carbocycles. The number of carbonyl (C=O) groups excluding carboxylic acids is 1. The van der Waals surface area contributed by atoms with Crippen LogP contribution in [0.1, 0.15) is 18.9 Å². The highest BCUT2D eigenvalue weighted by Crippen LogP contribution is 2.46. The maximum absolute atomic E-state index is 15.4. The van der Waals surface area contributed by atoms with Gasteiger partial charge in [-0.2, -0.15) is 18.3 Å². The Hall–Kier alpha value is -3.77. The van der Waals surface area contributed by atoms with Crippen molar-refractivity contribution in [3.8, 4) is 11.3 Å². The summed E-state index contributed by atoms with van der Waals surface area (Å²) in [6.07, 6.45) is -1.05. The third-order valence-electron chi connectivity index (χ3n) is 5.86. The van der Waals surface area contributed by atoms with Gasteiger partial charge in [-0.25, -0.2) is 13.8 Å². The number of rotatable bonds is 5. The summed E-state index contributed by atoms with van der Waals surface area (Å²) in [5.41, 5.74) is -2.01. The highest BCUT2D eigenvalue weighted by atomic mass is 19.4. The minimum Gasteiger partial charge on any atom is -0.371 e. The highest BCUT2D eigenvalue weighted by Gasteiger charge is 2.44. The van der Waals surface area contributed by atoms with Gasteiger partial charge in [0, 0.05) is 30.7 Å². The van der Waals surface area contributed by atoms with Crippen molar-refractivity contribution in [3.05, 3.63) is 36.2 Å². The SMILES string of the molecule is CCN(C)c1c(F)c(C(F)(F)F)c(-c2cn3cc(NC(=O)[C@@H]4C[C@@H]4F)nc3cn2)c2cn[nH]c12. The van der Waals surface area contributed by atoms with Crippen LogP contribution in [0.4, 0.5) is 33.5 Å². The van der Waals surface area contributed by atoms with Crippen LogP contribution in [0.15, 0.2) is 24.8 Å². The van der Waals surface area contributed by atoms with Gasteiger partial charge >= 0.3 is 6.18 Å². The Morgan fingerprint density at radius 1 is 1.32 bits per heavy atom. The van der Waals surface area contributed by atoms with Crippen LogP contribution in [-0.4, -0.2) is 50.2 Å². The van der Waals surface area contributed by atoms with Gasteiger partial charge in [0.25, 0.3) is 0 Å². The van der Waals surface area contributed by atoms with Crippen molar-refractivity contribution < 1.29 is 26.7 Å². The molecule has 1 saturated carbocycles. The number of nitrogens with zero attached hydrogens (tertiary/aromatic N) is 5. The summed E-state index contributed by atoms with van der Waals surface area (Å²) in [5.74, 6) is -2.60. The van der Waals surface area contributed by atoms with Gasteiger partial charge in [-0.05, 0) is 13.3 Å². The van der Waals surface area contributed by atoms with Gasteiger partial charge in [-0.15, -0.1) is 0 Å². The minimum atomic E-state index is -5.02. The van der Waals surface area contributed by atoms with E-state index in [1.807, 2.05) is 0 Å². The predicted octanol–water partition coefficient (Wildman–Crippen LogP) is 4.18. The van der Waals surface area contributed by atoms with Crippen molar-refractivity contribution in [1.29, 1.82) is 0 Å². The summed E-state index contributed by atoms with van der Waals surface area (Å²) in [5, 5.41) is 8.97. The molecule has 0 bridgehead atoms. The van der Waals surface area contributed by atoms with E-state index in [2.05, 4.69) is 25.5 Å². The number of alkyl halides is 4. The summed E-state index contributed by atoms with van der Waals surface area (Å²) in [7, 11) is 1.48. The zero-order valence-electron chi connectivity index (χ0n) is 17.9. The number of imidazole rings is 1. The van der Waals surface area contributed by atoms with Crippen LogP contribution < -0.4 is 10.2 Å². The Morgan fingerprint density at radius 2 is 2.06 bits per heavy atom. The molecule has 3 heterocycles. The molecule has 2 N–H and O–H groups in total. The normalized spacial score (nSPS) is 18.0. The summed E-state index contributed by atoms with van der Waals surface area (Å²) in [6, 6.07) is 0. The van der Waals surface area contributed by atoms with Gasteiger partial charge < -0.3 is 14.6 Å². The smallest absolute Gasteiger partial charge is 0.371 e. The second kappa shape index (κ2) is 7.64. The molecule has 0 spiro atoms. The highest BCUT2D eigenvalue weighted by molar-refractivity contribution is 6.03. The van der Waals surface area contributed by atoms with Crippen LogP contribution in [0, 0.1) is 11.7 Å². The Morgan fingerprint density at radius 3 is 2.71 bits per heavy atom. The lowest BCUT2D eigenvalue weighted by molar-refractivity contribution is -0.139. The second-order valence-electron chi connectivity index (χ2n) is 8.09. The van der Waals surface area contributed by atoms with E-state index in [1.165, 1.54) is 41.1 Å². The maximum Gasteiger partial charge on any atom is 0.419 e. The van der Waals surface area contributed by atoms with E-state index in [4.69, 9.17) is 0 Å². The molecule has 0 aliphatic heterocycles. The van der Waals surface area contributed by atoms with E-state index in [0.29, 0.717) is 0 Å². The maximum atomic E-state index is 15.4. The Labute approximate surface area is 188 Å². The Bertz CT molecular complexity index is 1430. The number of amides is 1. The number of H-pyrrole nitrogens is 1. The van der Waals surface area contributed by atoms with Gasteiger partial charge in [0.05, 0.1) is 41.4 Å². The first kappa shape index (κ1) is 22.0. The fraction of sp³-hybridized carbons (Fsp3) is 0.333. The number of aromatic amines is 1. The molecule has 3 aromatic heterocycles. The summed E-state index contributed by atoms with van der Waals surface area (Å²) >= 11 is 0. The number of halogens is 5. The number of hydrogen-bond donors (Lipinski definition) is 2. The molecule has 1 aliphatic rings. The molecule has 5 rings (SSSR count). The molecule has 4 aromatic rings. The van der Waals surface area contributed by atoms with Gasteiger partial charge in [0.1, 0.15) is 11.7 Å².